The summed E-state index contributed by atoms with van der Waals surface area (Å²) in [5.74, 6) is -0.518. The van der Waals surface area contributed by atoms with E-state index in [9.17, 15) is 19.2 Å². The number of carbonyl (C=O) groups excluding carboxylic acids is 4. The quantitative estimate of drug-likeness (QED) is 0.411. The van der Waals surface area contributed by atoms with Crippen molar-refractivity contribution in [2.24, 2.45) is 0 Å². The van der Waals surface area contributed by atoms with Gasteiger partial charge in [0, 0.05) is 30.1 Å². The fourth-order valence-electron chi connectivity index (χ4n) is 4.54. The highest BCUT2D eigenvalue weighted by Gasteiger charge is 2.36. The number of nitrogens with one attached hydrogen (secondary N) is 1. The minimum atomic E-state index is -1.12. The molecule has 1 N–H and O–H groups in total. The van der Waals surface area contributed by atoms with Gasteiger partial charge in [0.25, 0.3) is 5.91 Å². The summed E-state index contributed by atoms with van der Waals surface area (Å²) >= 11 is 2.32. The summed E-state index contributed by atoms with van der Waals surface area (Å²) < 4.78 is 11.6. The first-order chi connectivity index (χ1) is 18.2. The van der Waals surface area contributed by atoms with Gasteiger partial charge >= 0.3 is 6.09 Å². The Morgan fingerprint density at radius 2 is 1.82 bits per heavy atom. The molecule has 202 valence electrons. The number of hydrogen-bond acceptors (Lipinski definition) is 6. The minimum Gasteiger partial charge on any atom is -0.491 e. The second-order valence-corrected chi connectivity index (χ2v) is 11.3. The van der Waals surface area contributed by atoms with E-state index in [1.807, 2.05) is 30.3 Å². The average Bonchev–Trinajstić information content (AvgIpc) is 3.30. The normalized spacial score (nSPS) is 22.8. The van der Waals surface area contributed by atoms with Crippen LogP contribution in [0.5, 0.6) is 5.75 Å². The molecule has 0 unspecified atom stereocenters. The van der Waals surface area contributed by atoms with Crippen LogP contribution >= 0.6 is 22.6 Å². The fourth-order valence-corrected chi connectivity index (χ4v) is 5.55. The third-order valence-electron chi connectivity index (χ3n) is 6.56. The van der Waals surface area contributed by atoms with E-state index < -0.39 is 18.0 Å². The second-order valence-electron chi connectivity index (χ2n) is 9.51. The number of halogens is 1. The van der Waals surface area contributed by atoms with Gasteiger partial charge in [0.1, 0.15) is 25.0 Å². The van der Waals surface area contributed by atoms with Crippen molar-refractivity contribution in [3.8, 4) is 5.75 Å². The van der Waals surface area contributed by atoms with Crippen LogP contribution in [0.3, 0.4) is 0 Å². The van der Waals surface area contributed by atoms with Crippen LogP contribution < -0.4 is 10.1 Å². The lowest BCUT2D eigenvalue weighted by Gasteiger charge is -2.30. The Morgan fingerprint density at radius 1 is 1.05 bits per heavy atom. The predicted molar refractivity (Wildman–Crippen MR) is 148 cm³/mol. The Hall–Kier alpha value is -3.35. The van der Waals surface area contributed by atoms with E-state index in [1.54, 1.807) is 36.2 Å². The zero-order valence-electron chi connectivity index (χ0n) is 21.3. The lowest BCUT2D eigenvalue weighted by Crippen LogP contribution is -2.55. The molecule has 2 aliphatic rings. The number of alkyl halides is 1. The van der Waals surface area contributed by atoms with E-state index in [0.29, 0.717) is 17.9 Å². The van der Waals surface area contributed by atoms with Gasteiger partial charge in [0.15, 0.2) is 0 Å². The van der Waals surface area contributed by atoms with Gasteiger partial charge < -0.3 is 29.5 Å². The maximum absolute atomic E-state index is 13.4. The molecule has 2 aliphatic heterocycles. The van der Waals surface area contributed by atoms with Crippen molar-refractivity contribution in [3.05, 3.63) is 65.7 Å². The lowest BCUT2D eigenvalue weighted by atomic mass is 10.1. The number of hydrogen-bond donors (Lipinski definition) is 1. The van der Waals surface area contributed by atoms with Crippen molar-refractivity contribution >= 4 is 46.4 Å². The monoisotopic (exact) mass is 634 g/mol. The molecule has 4 amide bonds. The van der Waals surface area contributed by atoms with Gasteiger partial charge in [-0.1, -0.05) is 59.0 Å². The number of carbonyl (C=O) groups is 4. The molecule has 4 rings (SSSR count). The minimum absolute atomic E-state index is 0.0251. The van der Waals surface area contributed by atoms with Gasteiger partial charge in [-0.2, -0.15) is 0 Å². The molecular weight excluding hydrogens is 603 g/mol. The third kappa shape index (κ3) is 6.94. The largest absolute Gasteiger partial charge is 0.491 e. The van der Waals surface area contributed by atoms with Crippen molar-refractivity contribution in [1.29, 1.82) is 0 Å². The summed E-state index contributed by atoms with van der Waals surface area (Å²) in [5, 5.41) is 2.59. The molecule has 2 aromatic rings. The van der Waals surface area contributed by atoms with Crippen LogP contribution in [-0.2, 0) is 20.9 Å². The number of fused-ring (bicyclic) bond motifs is 3. The number of ether oxygens (including phenoxy) is 2. The molecule has 0 radical (unpaired) electrons. The highest BCUT2D eigenvalue weighted by atomic mass is 127. The topological polar surface area (TPSA) is 108 Å². The Kier molecular flexibility index (Phi) is 9.08. The highest BCUT2D eigenvalue weighted by Crippen LogP contribution is 2.26. The molecule has 2 aromatic carbocycles. The number of amides is 4. The molecule has 3 atom stereocenters. The van der Waals surface area contributed by atoms with E-state index in [4.69, 9.17) is 9.47 Å². The molecule has 38 heavy (non-hydrogen) atoms. The lowest BCUT2D eigenvalue weighted by molar-refractivity contribution is -0.141. The van der Waals surface area contributed by atoms with E-state index in [2.05, 4.69) is 27.9 Å². The van der Waals surface area contributed by atoms with Crippen LogP contribution in [0.15, 0.2) is 54.6 Å². The Balaban J connectivity index is 1.56. The first kappa shape index (κ1) is 27.7. The maximum atomic E-state index is 13.4. The van der Waals surface area contributed by atoms with Gasteiger partial charge in [-0.05, 0) is 30.2 Å². The summed E-state index contributed by atoms with van der Waals surface area (Å²) in [6.07, 6.45) is -0.0311. The van der Waals surface area contributed by atoms with Crippen molar-refractivity contribution in [3.63, 3.8) is 0 Å². The van der Waals surface area contributed by atoms with E-state index in [-0.39, 0.29) is 48.1 Å². The number of benzene rings is 2. The SMILES string of the molecule is CN1C[C@H](NC(=O)OCc2ccccc2)C(=O)N(C)CC(=O)N2C[C@H](I)C[C@H]2COc2cccc(c2)C1=O. The van der Waals surface area contributed by atoms with Gasteiger partial charge in [-0.3, -0.25) is 14.4 Å². The molecule has 1 saturated heterocycles. The summed E-state index contributed by atoms with van der Waals surface area (Å²) in [6, 6.07) is 14.7. The van der Waals surface area contributed by atoms with Crippen LogP contribution in [0.4, 0.5) is 4.79 Å². The molecule has 0 spiro atoms. The first-order valence-corrected chi connectivity index (χ1v) is 13.6. The van der Waals surface area contributed by atoms with E-state index in [1.165, 1.54) is 16.8 Å². The molecule has 2 bridgehead atoms. The van der Waals surface area contributed by atoms with Gasteiger partial charge in [-0.15, -0.1) is 0 Å². The number of likely N-dealkylation sites (N-methyl/N-ethyl adjacent to an activating group) is 2. The fraction of sp³-hybridized carbons (Fsp3) is 0.407. The molecule has 1 fully saturated rings. The standard InChI is InChI=1S/C27H31IN4O6/c1-30-14-23(29-27(36)38-16-18-7-4-3-5-8-18)26(35)31(2)15-24(33)32-13-20(28)12-21(32)17-37-22-10-6-9-19(11-22)25(30)34/h3-11,20-21,23H,12-17H2,1-2H3,(H,29,36)/t20-,21+,23+/m1/s1. The summed E-state index contributed by atoms with van der Waals surface area (Å²) in [7, 11) is 3.06. The number of nitrogens with zero attached hydrogens (tertiary/aromatic N) is 3. The zero-order chi connectivity index (χ0) is 27.2. The van der Waals surface area contributed by atoms with Crippen molar-refractivity contribution in [2.75, 3.05) is 40.3 Å². The van der Waals surface area contributed by atoms with Crippen molar-refractivity contribution in [2.45, 2.75) is 29.0 Å². The maximum Gasteiger partial charge on any atom is 0.408 e. The molecular formula is C27H31IN4O6. The third-order valence-corrected chi connectivity index (χ3v) is 7.46. The smallest absolute Gasteiger partial charge is 0.408 e. The first-order valence-electron chi connectivity index (χ1n) is 12.4. The summed E-state index contributed by atoms with van der Waals surface area (Å²) in [4.78, 5) is 56.9. The van der Waals surface area contributed by atoms with Crippen molar-refractivity contribution < 1.29 is 28.7 Å². The van der Waals surface area contributed by atoms with Crippen LogP contribution in [0, 0.1) is 0 Å². The average molecular weight is 634 g/mol. The van der Waals surface area contributed by atoms with Crippen LogP contribution in [0.25, 0.3) is 0 Å². The Bertz CT molecular complexity index is 1180. The molecule has 0 saturated carbocycles. The van der Waals surface area contributed by atoms with Crippen LogP contribution in [0.1, 0.15) is 22.3 Å². The summed E-state index contributed by atoms with van der Waals surface area (Å²) in [6.45, 7) is 0.584. The predicted octanol–water partition coefficient (Wildman–Crippen LogP) is 2.31. The Labute approximate surface area is 235 Å². The Morgan fingerprint density at radius 3 is 2.58 bits per heavy atom. The molecule has 11 heteroatoms. The van der Waals surface area contributed by atoms with Gasteiger partial charge in [0.05, 0.1) is 19.1 Å². The molecule has 2 heterocycles. The molecule has 0 aliphatic carbocycles. The number of rotatable bonds is 3. The van der Waals surface area contributed by atoms with E-state index >= 15 is 0 Å². The molecule has 10 nitrogen and oxygen atoms in total. The number of alkyl carbamates (subject to hydrolysis) is 1. The van der Waals surface area contributed by atoms with Crippen LogP contribution in [0.2, 0.25) is 0 Å². The van der Waals surface area contributed by atoms with Gasteiger partial charge in [0.2, 0.25) is 11.8 Å². The summed E-state index contributed by atoms with van der Waals surface area (Å²) in [5.41, 5.74) is 1.18. The highest BCUT2D eigenvalue weighted by molar-refractivity contribution is 14.1. The van der Waals surface area contributed by atoms with Crippen LogP contribution in [-0.4, -0.2) is 94.9 Å². The van der Waals surface area contributed by atoms with Gasteiger partial charge in [-0.25, -0.2) is 4.79 Å². The second kappa shape index (κ2) is 12.5. The van der Waals surface area contributed by atoms with E-state index in [0.717, 1.165) is 12.0 Å². The van der Waals surface area contributed by atoms with Crippen molar-refractivity contribution in [1.82, 2.24) is 20.0 Å². The zero-order valence-corrected chi connectivity index (χ0v) is 23.5. The molecule has 0 aromatic heterocycles.